The Morgan fingerprint density at radius 2 is 1.04 bits per heavy atom. The number of benzene rings is 6. The summed E-state index contributed by atoms with van der Waals surface area (Å²) in [5.74, 6) is 0.801. The zero-order valence-electron chi connectivity index (χ0n) is 28.0. The van der Waals surface area contributed by atoms with E-state index in [2.05, 4.69) is 166 Å². The van der Waals surface area contributed by atoms with E-state index in [9.17, 15) is 0 Å². The van der Waals surface area contributed by atoms with Crippen LogP contribution in [0.4, 0.5) is 39.9 Å². The van der Waals surface area contributed by atoms with Gasteiger partial charge in [0.15, 0.2) is 0 Å². The van der Waals surface area contributed by atoms with E-state index in [1.54, 1.807) is 0 Å². The third kappa shape index (κ3) is 7.08. The van der Waals surface area contributed by atoms with Crippen LogP contribution in [0.25, 0.3) is 22.3 Å². The maximum atomic E-state index is 4.84. The van der Waals surface area contributed by atoms with Gasteiger partial charge in [-0.25, -0.2) is 4.98 Å². The Balaban J connectivity index is 0.00000406. The van der Waals surface area contributed by atoms with Gasteiger partial charge in [0, 0.05) is 44.1 Å². The van der Waals surface area contributed by atoms with Crippen molar-refractivity contribution in [2.75, 3.05) is 21.7 Å². The van der Waals surface area contributed by atoms with E-state index in [0.29, 0.717) is 0 Å². The Bertz CT molecular complexity index is 2240. The van der Waals surface area contributed by atoms with Crippen molar-refractivity contribution in [2.24, 2.45) is 0 Å². The number of nitrogens with zero attached hydrogens (tertiary/aromatic N) is 5. The molecule has 2 heterocycles. The molecule has 51 heavy (non-hydrogen) atoms. The zero-order chi connectivity index (χ0) is 33.7. The smallest absolute Gasteiger partial charge is 0.135 e. The number of anilines is 7. The molecule has 0 bridgehead atoms. The minimum absolute atomic E-state index is 0. The molecule has 6 heteroatoms. The normalized spacial score (nSPS) is 12.0. The minimum atomic E-state index is 0. The second-order valence-corrected chi connectivity index (χ2v) is 12.0. The molecule has 0 spiro atoms. The van der Waals surface area contributed by atoms with Crippen molar-refractivity contribution in [3.8, 4) is 22.3 Å². The number of aromatic nitrogens is 1. The average Bonchev–Trinajstić information content (AvgIpc) is 3.63. The fourth-order valence-corrected chi connectivity index (χ4v) is 6.34. The van der Waals surface area contributed by atoms with Gasteiger partial charge in [0.1, 0.15) is 5.82 Å². The SMILES string of the molecule is CN1C=CN(c2[c-]c(N(c3[c-]c(N(c4ccccn4)c4ccccc4-c4ccccc4)ccc3)c3ccccc3-c3ccccc3)ccc2)[CH-]1.[Pt]. The Hall–Kier alpha value is -5.90. The first-order valence-corrected chi connectivity index (χ1v) is 16.6. The van der Waals surface area contributed by atoms with Crippen LogP contribution in [0.5, 0.6) is 0 Å². The summed E-state index contributed by atoms with van der Waals surface area (Å²) in [7, 11) is 2.02. The van der Waals surface area contributed by atoms with Crippen LogP contribution in [0.1, 0.15) is 0 Å². The molecular weight excluding hydrogens is 806 g/mol. The summed E-state index contributed by atoms with van der Waals surface area (Å²) in [6.45, 7) is 2.04. The summed E-state index contributed by atoms with van der Waals surface area (Å²) < 4.78 is 0. The van der Waals surface area contributed by atoms with Gasteiger partial charge in [-0.2, -0.15) is 18.8 Å². The summed E-state index contributed by atoms with van der Waals surface area (Å²) in [6.07, 6.45) is 5.90. The molecule has 0 N–H and O–H groups in total. The van der Waals surface area contributed by atoms with E-state index in [1.807, 2.05) is 61.5 Å². The molecule has 1 aromatic heterocycles. The fourth-order valence-electron chi connectivity index (χ4n) is 6.34. The van der Waals surface area contributed by atoms with E-state index in [4.69, 9.17) is 4.98 Å². The number of pyridine rings is 1. The van der Waals surface area contributed by atoms with E-state index in [0.717, 1.165) is 62.2 Å². The van der Waals surface area contributed by atoms with Gasteiger partial charge >= 0.3 is 0 Å². The molecule has 1 aliphatic rings. The third-order valence-electron chi connectivity index (χ3n) is 8.64. The Labute approximate surface area is 314 Å². The van der Waals surface area contributed by atoms with Crippen molar-refractivity contribution in [3.63, 3.8) is 0 Å². The van der Waals surface area contributed by atoms with Gasteiger partial charge in [0.25, 0.3) is 0 Å². The predicted octanol–water partition coefficient (Wildman–Crippen LogP) is 11.3. The largest absolute Gasteiger partial charge is 0.510 e. The zero-order valence-corrected chi connectivity index (χ0v) is 30.2. The summed E-state index contributed by atoms with van der Waals surface area (Å²) in [5, 5.41) is 0. The molecule has 0 fully saturated rings. The van der Waals surface area contributed by atoms with Crippen molar-refractivity contribution in [3.05, 3.63) is 201 Å². The van der Waals surface area contributed by atoms with E-state index >= 15 is 0 Å². The van der Waals surface area contributed by atoms with Crippen molar-refractivity contribution >= 4 is 39.9 Å². The predicted molar refractivity (Wildman–Crippen MR) is 206 cm³/mol. The van der Waals surface area contributed by atoms with Gasteiger partial charge in [-0.1, -0.05) is 120 Å². The molecule has 0 amide bonds. The molecule has 1 aliphatic heterocycles. The molecule has 0 atom stereocenters. The van der Waals surface area contributed by atoms with Gasteiger partial charge < -0.3 is 19.6 Å². The summed E-state index contributed by atoms with van der Waals surface area (Å²) in [4.78, 5) is 13.4. The fraction of sp³-hybridized carbons (Fsp3) is 0.0222. The van der Waals surface area contributed by atoms with Crippen molar-refractivity contribution < 1.29 is 21.1 Å². The molecule has 6 aromatic carbocycles. The first kappa shape index (κ1) is 33.6. The van der Waals surface area contributed by atoms with Crippen LogP contribution in [0, 0.1) is 18.8 Å². The quantitative estimate of drug-likeness (QED) is 0.135. The van der Waals surface area contributed by atoms with E-state index in [1.165, 1.54) is 0 Å². The average molecular weight is 840 g/mol. The molecule has 0 aliphatic carbocycles. The summed E-state index contributed by atoms with van der Waals surface area (Å²) in [5.41, 5.74) is 10.1. The first-order chi connectivity index (χ1) is 24.7. The maximum Gasteiger partial charge on any atom is 0.135 e. The van der Waals surface area contributed by atoms with Crippen molar-refractivity contribution in [1.29, 1.82) is 0 Å². The van der Waals surface area contributed by atoms with Crippen LogP contribution in [-0.2, 0) is 21.1 Å². The first-order valence-electron chi connectivity index (χ1n) is 16.6. The van der Waals surface area contributed by atoms with Crippen molar-refractivity contribution in [2.45, 2.75) is 0 Å². The number of hydrogen-bond donors (Lipinski definition) is 0. The molecule has 0 saturated carbocycles. The topological polar surface area (TPSA) is 25.9 Å². The molecular formula is C45H34N5Pt-3. The summed E-state index contributed by atoms with van der Waals surface area (Å²) in [6, 6.07) is 64.1. The van der Waals surface area contributed by atoms with Gasteiger partial charge in [-0.15, -0.1) is 42.1 Å². The number of para-hydroxylation sites is 2. The van der Waals surface area contributed by atoms with Gasteiger partial charge in [0.2, 0.25) is 0 Å². The van der Waals surface area contributed by atoms with Gasteiger partial charge in [-0.05, 0) is 54.8 Å². The van der Waals surface area contributed by atoms with Crippen LogP contribution in [-0.4, -0.2) is 16.9 Å². The number of hydrogen-bond acceptors (Lipinski definition) is 5. The molecule has 0 unspecified atom stereocenters. The second-order valence-electron chi connectivity index (χ2n) is 12.0. The van der Waals surface area contributed by atoms with Crippen LogP contribution >= 0.6 is 0 Å². The molecule has 8 rings (SSSR count). The van der Waals surface area contributed by atoms with Gasteiger partial charge in [0.05, 0.1) is 5.69 Å². The van der Waals surface area contributed by atoms with Crippen molar-refractivity contribution in [1.82, 2.24) is 9.88 Å². The molecule has 0 radical (unpaired) electrons. The third-order valence-corrected chi connectivity index (χ3v) is 8.64. The molecule has 7 aromatic rings. The maximum absolute atomic E-state index is 4.84. The second kappa shape index (κ2) is 15.3. The van der Waals surface area contributed by atoms with Gasteiger partial charge in [-0.3, -0.25) is 0 Å². The standard InChI is InChI=1S/C45H34N5.Pt/c1-47-30-31-48(34-47)37-20-14-21-38(32-37)49(43-26-10-8-24-41(43)35-16-4-2-5-17-35)39-22-15-23-40(33-39)50(45-28-12-13-29-46-45)44-27-11-9-25-42(44)36-18-6-3-7-19-36;/h2-31,34H,1H3;/q-3;. The van der Waals surface area contributed by atoms with Crippen LogP contribution < -0.4 is 14.7 Å². The molecule has 5 nitrogen and oxygen atoms in total. The van der Waals surface area contributed by atoms with Crippen LogP contribution in [0.2, 0.25) is 0 Å². The van der Waals surface area contributed by atoms with Crippen LogP contribution in [0.3, 0.4) is 0 Å². The van der Waals surface area contributed by atoms with E-state index < -0.39 is 0 Å². The molecule has 0 saturated heterocycles. The Morgan fingerprint density at radius 1 is 0.510 bits per heavy atom. The number of rotatable bonds is 9. The Kier molecular flexibility index (Phi) is 10.1. The Morgan fingerprint density at radius 3 is 1.63 bits per heavy atom. The minimum Gasteiger partial charge on any atom is -0.510 e. The molecule has 252 valence electrons. The van der Waals surface area contributed by atoms with Crippen LogP contribution in [0.15, 0.2) is 182 Å². The van der Waals surface area contributed by atoms with E-state index in [-0.39, 0.29) is 21.1 Å². The monoisotopic (exact) mass is 839 g/mol. The summed E-state index contributed by atoms with van der Waals surface area (Å²) >= 11 is 0.